The summed E-state index contributed by atoms with van der Waals surface area (Å²) in [6.07, 6.45) is 7.87. The quantitative estimate of drug-likeness (QED) is 0.393. The van der Waals surface area contributed by atoms with E-state index in [2.05, 4.69) is 0 Å². The lowest BCUT2D eigenvalue weighted by atomic mass is 9.93. The third-order valence-electron chi connectivity index (χ3n) is 5.28. The number of ether oxygens (including phenoxy) is 3. The van der Waals surface area contributed by atoms with Crippen LogP contribution in [0.1, 0.15) is 59.8 Å². The molecule has 0 N–H and O–H groups in total. The normalized spacial score (nSPS) is 29.1. The molecule has 0 aromatic rings. The van der Waals surface area contributed by atoms with E-state index in [4.69, 9.17) is 14.2 Å². The van der Waals surface area contributed by atoms with Crippen LogP contribution in [0.3, 0.4) is 0 Å². The molecule has 29 heavy (non-hydrogen) atoms. The summed E-state index contributed by atoms with van der Waals surface area (Å²) in [4.78, 5) is 35.9. The molecule has 0 fully saturated rings. The smallest absolute Gasteiger partial charge is 0.334 e. The molecule has 0 aromatic heterocycles. The molecule has 2 aliphatic rings. The van der Waals surface area contributed by atoms with Gasteiger partial charge in [0.05, 0.1) is 7.11 Å². The van der Waals surface area contributed by atoms with Gasteiger partial charge in [0.2, 0.25) is 0 Å². The Morgan fingerprint density at radius 3 is 2.45 bits per heavy atom. The van der Waals surface area contributed by atoms with Crippen molar-refractivity contribution in [1.82, 2.24) is 0 Å². The molecule has 2 rings (SSSR count). The zero-order valence-corrected chi connectivity index (χ0v) is 17.9. The fourth-order valence-corrected chi connectivity index (χ4v) is 3.54. The Morgan fingerprint density at radius 2 is 1.79 bits per heavy atom. The maximum absolute atomic E-state index is 12.2. The van der Waals surface area contributed by atoms with Crippen molar-refractivity contribution in [3.63, 3.8) is 0 Å². The lowest BCUT2D eigenvalue weighted by Gasteiger charge is -2.21. The summed E-state index contributed by atoms with van der Waals surface area (Å²) in [7, 11) is 1.38. The molecule has 0 radical (unpaired) electrons. The standard InChI is InChI=1S/C23H30O6/c1-14-8-6-10-18(23(26)27-5)11-7-9-15(2)20(28-17(4)24)13-19-16(3)22(25)29-21(19)12-14/h9-10,12,20-21H,6-8,11,13H2,1-5H3/b14-12+,15-9+,18-10-/t20-,21-/m0/s1. The number of esters is 3. The average molecular weight is 402 g/mol. The number of methoxy groups -OCH3 is 1. The van der Waals surface area contributed by atoms with Crippen molar-refractivity contribution in [3.05, 3.63) is 46.1 Å². The second-order valence-corrected chi connectivity index (χ2v) is 7.54. The first-order valence-electron chi connectivity index (χ1n) is 9.92. The third-order valence-corrected chi connectivity index (χ3v) is 5.28. The largest absolute Gasteiger partial charge is 0.466 e. The van der Waals surface area contributed by atoms with Crippen LogP contribution < -0.4 is 0 Å². The highest BCUT2D eigenvalue weighted by atomic mass is 16.6. The van der Waals surface area contributed by atoms with E-state index in [-0.39, 0.29) is 17.9 Å². The number of hydrogen-bond donors (Lipinski definition) is 0. The van der Waals surface area contributed by atoms with Gasteiger partial charge in [0.15, 0.2) is 0 Å². The van der Waals surface area contributed by atoms with Gasteiger partial charge >= 0.3 is 17.9 Å². The van der Waals surface area contributed by atoms with Gasteiger partial charge in [-0.05, 0) is 63.7 Å². The zero-order chi connectivity index (χ0) is 21.6. The number of fused-ring (bicyclic) bond motifs is 1. The summed E-state index contributed by atoms with van der Waals surface area (Å²) >= 11 is 0. The second kappa shape index (κ2) is 10.2. The van der Waals surface area contributed by atoms with E-state index in [9.17, 15) is 14.4 Å². The number of carbonyl (C=O) groups is 3. The first-order chi connectivity index (χ1) is 13.7. The van der Waals surface area contributed by atoms with E-state index in [0.29, 0.717) is 36.8 Å². The summed E-state index contributed by atoms with van der Waals surface area (Å²) in [6.45, 7) is 6.99. The van der Waals surface area contributed by atoms with Gasteiger partial charge in [0, 0.05) is 24.5 Å². The van der Waals surface area contributed by atoms with Crippen LogP contribution in [0, 0.1) is 0 Å². The van der Waals surface area contributed by atoms with Crippen molar-refractivity contribution in [2.45, 2.75) is 72.0 Å². The van der Waals surface area contributed by atoms with Crippen LogP contribution in [0.5, 0.6) is 0 Å². The summed E-state index contributed by atoms with van der Waals surface area (Å²) < 4.78 is 16.0. The Hall–Kier alpha value is -2.63. The van der Waals surface area contributed by atoms with E-state index < -0.39 is 12.2 Å². The van der Waals surface area contributed by atoms with Gasteiger partial charge in [-0.15, -0.1) is 0 Å². The molecule has 6 heteroatoms. The minimum Gasteiger partial charge on any atom is -0.466 e. The fourth-order valence-electron chi connectivity index (χ4n) is 3.54. The molecule has 0 unspecified atom stereocenters. The molecule has 2 atom stereocenters. The maximum Gasteiger partial charge on any atom is 0.334 e. The molecule has 0 saturated carbocycles. The second-order valence-electron chi connectivity index (χ2n) is 7.54. The van der Waals surface area contributed by atoms with Crippen molar-refractivity contribution in [2.75, 3.05) is 7.11 Å². The minimum atomic E-state index is -0.489. The molecule has 0 bridgehead atoms. The van der Waals surface area contributed by atoms with Crippen LogP contribution in [0.4, 0.5) is 0 Å². The highest BCUT2D eigenvalue weighted by molar-refractivity contribution is 5.92. The van der Waals surface area contributed by atoms with Crippen molar-refractivity contribution in [1.29, 1.82) is 0 Å². The number of rotatable bonds is 2. The van der Waals surface area contributed by atoms with E-state index in [1.807, 2.05) is 32.1 Å². The molecule has 0 spiro atoms. The fraction of sp³-hybridized carbons (Fsp3) is 0.522. The monoisotopic (exact) mass is 402 g/mol. The van der Waals surface area contributed by atoms with Gasteiger partial charge in [-0.3, -0.25) is 4.79 Å². The molecule has 1 aliphatic heterocycles. The Balaban J connectivity index is 2.42. The van der Waals surface area contributed by atoms with E-state index in [0.717, 1.165) is 23.1 Å². The molecule has 158 valence electrons. The topological polar surface area (TPSA) is 78.9 Å². The summed E-state index contributed by atoms with van der Waals surface area (Å²) in [5.74, 6) is -1.05. The predicted octanol–water partition coefficient (Wildman–Crippen LogP) is 4.12. The van der Waals surface area contributed by atoms with Crippen molar-refractivity contribution in [2.24, 2.45) is 0 Å². The molecule has 1 heterocycles. The Labute approximate surface area is 172 Å². The van der Waals surface area contributed by atoms with E-state index in [1.54, 1.807) is 6.92 Å². The van der Waals surface area contributed by atoms with Crippen molar-refractivity contribution in [3.8, 4) is 0 Å². The molecule has 0 amide bonds. The molecule has 0 aromatic carbocycles. The highest BCUT2D eigenvalue weighted by Crippen LogP contribution is 2.31. The molecule has 6 nitrogen and oxygen atoms in total. The van der Waals surface area contributed by atoms with Gasteiger partial charge in [0.1, 0.15) is 12.2 Å². The van der Waals surface area contributed by atoms with E-state index in [1.165, 1.54) is 14.0 Å². The van der Waals surface area contributed by atoms with Crippen LogP contribution in [0.2, 0.25) is 0 Å². The van der Waals surface area contributed by atoms with Gasteiger partial charge in [-0.25, -0.2) is 9.59 Å². The molecular formula is C23H30O6. The van der Waals surface area contributed by atoms with Crippen LogP contribution in [-0.4, -0.2) is 37.2 Å². The Kier molecular flexibility index (Phi) is 8.00. The van der Waals surface area contributed by atoms with Crippen LogP contribution >= 0.6 is 0 Å². The average Bonchev–Trinajstić information content (AvgIpc) is 2.91. The van der Waals surface area contributed by atoms with Crippen LogP contribution in [-0.2, 0) is 28.6 Å². The van der Waals surface area contributed by atoms with Gasteiger partial charge in [-0.1, -0.05) is 17.7 Å². The van der Waals surface area contributed by atoms with Crippen molar-refractivity contribution < 1.29 is 28.6 Å². The zero-order valence-electron chi connectivity index (χ0n) is 17.9. The van der Waals surface area contributed by atoms with Gasteiger partial charge < -0.3 is 14.2 Å². The van der Waals surface area contributed by atoms with Crippen LogP contribution in [0.15, 0.2) is 46.1 Å². The van der Waals surface area contributed by atoms with Crippen molar-refractivity contribution >= 4 is 17.9 Å². The summed E-state index contributed by atoms with van der Waals surface area (Å²) in [5.41, 5.74) is 3.98. The Bertz CT molecular complexity index is 796. The first kappa shape index (κ1) is 22.7. The van der Waals surface area contributed by atoms with E-state index >= 15 is 0 Å². The number of hydrogen-bond acceptors (Lipinski definition) is 6. The summed E-state index contributed by atoms with van der Waals surface area (Å²) in [5, 5.41) is 0. The molecule has 0 saturated heterocycles. The molecular weight excluding hydrogens is 372 g/mol. The molecule has 1 aliphatic carbocycles. The number of carbonyl (C=O) groups excluding carboxylic acids is 3. The lowest BCUT2D eigenvalue weighted by Crippen LogP contribution is -2.21. The van der Waals surface area contributed by atoms with Gasteiger partial charge in [0.25, 0.3) is 0 Å². The third kappa shape index (κ3) is 6.17. The number of allylic oxidation sites excluding steroid dienone is 3. The first-order valence-corrected chi connectivity index (χ1v) is 9.92. The predicted molar refractivity (Wildman–Crippen MR) is 109 cm³/mol. The van der Waals surface area contributed by atoms with Crippen LogP contribution in [0.25, 0.3) is 0 Å². The van der Waals surface area contributed by atoms with Gasteiger partial charge in [-0.2, -0.15) is 0 Å². The summed E-state index contributed by atoms with van der Waals surface area (Å²) in [6, 6.07) is 0. The Morgan fingerprint density at radius 1 is 1.10 bits per heavy atom. The lowest BCUT2D eigenvalue weighted by molar-refractivity contribution is -0.145. The minimum absolute atomic E-state index is 0.327. The maximum atomic E-state index is 12.2. The SMILES string of the molecule is COC(=O)/C1=C\CC/C(C)=C/[C@@H]2OC(=O)C(C)=C2C[C@H](OC(C)=O)/C(C)=C/CC1. The highest BCUT2D eigenvalue weighted by Gasteiger charge is 2.32.